The molecule has 0 radical (unpaired) electrons. The van der Waals surface area contributed by atoms with Crippen molar-refractivity contribution in [2.24, 2.45) is 23.7 Å². The standard InChI is InChI=1S/C23H31N3O5/c1-14-6-11-17-19(18(14)21(28)24-2)23(30)26(12-4-5-13-27)20(17)22(29)25-15-7-9-16(31-3)10-8-15/h6-11,14,17-20,27H,4-5,12-13H2,1-3H3,(H,24,28)(H,25,29)/t14-,17+,18-,19-,20+/m1/s1. The Hall–Kier alpha value is -2.87. The molecule has 8 heteroatoms. The number of nitrogens with zero attached hydrogens (tertiary/aromatic N) is 1. The van der Waals surface area contributed by atoms with Crippen molar-refractivity contribution >= 4 is 23.4 Å². The van der Waals surface area contributed by atoms with Crippen molar-refractivity contribution in [1.29, 1.82) is 0 Å². The number of likely N-dealkylation sites (tertiary alicyclic amines) is 1. The highest BCUT2D eigenvalue weighted by molar-refractivity contribution is 6.01. The molecule has 8 nitrogen and oxygen atoms in total. The number of amides is 3. The van der Waals surface area contributed by atoms with E-state index in [9.17, 15) is 14.4 Å². The van der Waals surface area contributed by atoms with Gasteiger partial charge < -0.3 is 25.4 Å². The minimum atomic E-state index is -0.714. The zero-order valence-electron chi connectivity index (χ0n) is 18.2. The average molecular weight is 430 g/mol. The molecular weight excluding hydrogens is 398 g/mol. The molecule has 31 heavy (non-hydrogen) atoms. The number of fused-ring (bicyclic) bond motifs is 1. The number of hydrogen-bond donors (Lipinski definition) is 3. The third kappa shape index (κ3) is 4.58. The van der Waals surface area contributed by atoms with Gasteiger partial charge in [-0.05, 0) is 43.0 Å². The molecule has 2 aliphatic rings. The summed E-state index contributed by atoms with van der Waals surface area (Å²) in [5.41, 5.74) is 0.605. The number of benzene rings is 1. The summed E-state index contributed by atoms with van der Waals surface area (Å²) in [5.74, 6) is -1.57. The number of allylic oxidation sites excluding steroid dienone is 1. The maximum Gasteiger partial charge on any atom is 0.247 e. The van der Waals surface area contributed by atoms with E-state index in [1.165, 1.54) is 0 Å². The molecule has 1 saturated heterocycles. The van der Waals surface area contributed by atoms with Gasteiger partial charge in [0, 0.05) is 31.8 Å². The van der Waals surface area contributed by atoms with Crippen molar-refractivity contribution in [3.05, 3.63) is 36.4 Å². The Bertz CT molecular complexity index is 838. The Morgan fingerprint density at radius 1 is 1.13 bits per heavy atom. The van der Waals surface area contributed by atoms with Gasteiger partial charge in [-0.25, -0.2) is 0 Å². The first-order valence-corrected chi connectivity index (χ1v) is 10.7. The smallest absolute Gasteiger partial charge is 0.247 e. The Morgan fingerprint density at radius 2 is 1.84 bits per heavy atom. The number of carbonyl (C=O) groups excluding carboxylic acids is 3. The Balaban J connectivity index is 1.90. The quantitative estimate of drug-likeness (QED) is 0.428. The molecule has 3 amide bonds. The first-order valence-electron chi connectivity index (χ1n) is 10.7. The second-order valence-electron chi connectivity index (χ2n) is 8.11. The summed E-state index contributed by atoms with van der Waals surface area (Å²) in [5, 5.41) is 14.7. The number of hydrogen-bond acceptors (Lipinski definition) is 5. The van der Waals surface area contributed by atoms with Gasteiger partial charge in [0.05, 0.1) is 18.9 Å². The predicted molar refractivity (Wildman–Crippen MR) is 116 cm³/mol. The van der Waals surface area contributed by atoms with Crippen molar-refractivity contribution in [2.45, 2.75) is 25.8 Å². The van der Waals surface area contributed by atoms with Gasteiger partial charge in [0.1, 0.15) is 11.8 Å². The van der Waals surface area contributed by atoms with Crippen LogP contribution in [0.15, 0.2) is 36.4 Å². The molecule has 0 unspecified atom stereocenters. The van der Waals surface area contributed by atoms with Gasteiger partial charge in [-0.2, -0.15) is 0 Å². The van der Waals surface area contributed by atoms with Crippen molar-refractivity contribution in [3.8, 4) is 5.75 Å². The molecule has 1 aliphatic carbocycles. The first kappa shape index (κ1) is 22.8. The Kier molecular flexibility index (Phi) is 7.33. The largest absolute Gasteiger partial charge is 0.497 e. The van der Waals surface area contributed by atoms with Crippen LogP contribution in [0.25, 0.3) is 0 Å². The molecule has 0 saturated carbocycles. The average Bonchev–Trinajstić information content (AvgIpc) is 3.05. The fourth-order valence-electron chi connectivity index (χ4n) is 4.68. The minimum absolute atomic E-state index is 0.0232. The molecule has 3 N–H and O–H groups in total. The van der Waals surface area contributed by atoms with Crippen LogP contribution in [0.2, 0.25) is 0 Å². The van der Waals surface area contributed by atoms with E-state index in [2.05, 4.69) is 10.6 Å². The lowest BCUT2D eigenvalue weighted by Gasteiger charge is -2.32. The van der Waals surface area contributed by atoms with Crippen LogP contribution in [0, 0.1) is 23.7 Å². The molecule has 1 fully saturated rings. The van der Waals surface area contributed by atoms with Crippen LogP contribution in [0.4, 0.5) is 5.69 Å². The van der Waals surface area contributed by atoms with Crippen molar-refractivity contribution < 1.29 is 24.2 Å². The molecule has 5 atom stereocenters. The van der Waals surface area contributed by atoms with Gasteiger partial charge in [-0.3, -0.25) is 14.4 Å². The van der Waals surface area contributed by atoms with Crippen LogP contribution in [-0.4, -0.2) is 61.1 Å². The SMILES string of the molecule is CNC(=O)[C@H]1[C@@H]2C(=O)N(CCCCO)[C@H](C(=O)Nc3ccc(OC)cc3)[C@H]2C=C[C@H]1C. The molecule has 1 aromatic carbocycles. The first-order chi connectivity index (χ1) is 14.9. The fraction of sp³-hybridized carbons (Fsp3) is 0.522. The van der Waals surface area contributed by atoms with Crippen LogP contribution in [0.3, 0.4) is 0 Å². The van der Waals surface area contributed by atoms with E-state index in [1.807, 2.05) is 19.1 Å². The van der Waals surface area contributed by atoms with E-state index in [1.54, 1.807) is 43.3 Å². The van der Waals surface area contributed by atoms with E-state index in [-0.39, 0.29) is 30.2 Å². The summed E-state index contributed by atoms with van der Waals surface area (Å²) in [6.45, 7) is 2.30. The number of rotatable bonds is 8. The van der Waals surface area contributed by atoms with Gasteiger partial charge in [-0.1, -0.05) is 19.1 Å². The van der Waals surface area contributed by atoms with Gasteiger partial charge in [0.15, 0.2) is 0 Å². The molecular formula is C23H31N3O5. The molecule has 1 aliphatic heterocycles. The topological polar surface area (TPSA) is 108 Å². The highest BCUT2D eigenvalue weighted by Crippen LogP contribution is 2.44. The molecule has 0 bridgehead atoms. The minimum Gasteiger partial charge on any atom is -0.497 e. The van der Waals surface area contributed by atoms with Crippen LogP contribution in [-0.2, 0) is 14.4 Å². The number of unbranched alkanes of at least 4 members (excludes halogenated alkanes) is 1. The van der Waals surface area contributed by atoms with E-state index < -0.39 is 23.8 Å². The second-order valence-corrected chi connectivity index (χ2v) is 8.11. The summed E-state index contributed by atoms with van der Waals surface area (Å²) in [6.07, 6.45) is 4.96. The molecule has 3 rings (SSSR count). The van der Waals surface area contributed by atoms with Crippen molar-refractivity contribution in [2.75, 3.05) is 32.6 Å². The van der Waals surface area contributed by atoms with E-state index in [0.29, 0.717) is 30.8 Å². The number of anilines is 1. The number of methoxy groups -OCH3 is 1. The summed E-state index contributed by atoms with van der Waals surface area (Å²) in [7, 11) is 3.14. The normalized spacial score (nSPS) is 27.0. The lowest BCUT2D eigenvalue weighted by Crippen LogP contribution is -2.45. The van der Waals surface area contributed by atoms with Crippen molar-refractivity contribution in [3.63, 3.8) is 0 Å². The molecule has 1 heterocycles. The van der Waals surface area contributed by atoms with Crippen LogP contribution >= 0.6 is 0 Å². The van der Waals surface area contributed by atoms with Gasteiger partial charge in [0.25, 0.3) is 0 Å². The number of aliphatic hydroxyl groups excluding tert-OH is 1. The van der Waals surface area contributed by atoms with E-state index >= 15 is 0 Å². The van der Waals surface area contributed by atoms with Crippen LogP contribution in [0.5, 0.6) is 5.75 Å². The van der Waals surface area contributed by atoms with E-state index in [4.69, 9.17) is 9.84 Å². The molecule has 168 valence electrons. The summed E-state index contributed by atoms with van der Waals surface area (Å²) >= 11 is 0. The van der Waals surface area contributed by atoms with Gasteiger partial charge >= 0.3 is 0 Å². The fourth-order valence-corrected chi connectivity index (χ4v) is 4.68. The monoisotopic (exact) mass is 429 g/mol. The Labute approximate surface area is 182 Å². The third-order valence-electron chi connectivity index (χ3n) is 6.26. The zero-order chi connectivity index (χ0) is 22.5. The van der Waals surface area contributed by atoms with Crippen LogP contribution in [0.1, 0.15) is 19.8 Å². The maximum atomic E-state index is 13.4. The van der Waals surface area contributed by atoms with Gasteiger partial charge in [0.2, 0.25) is 17.7 Å². The Morgan fingerprint density at radius 3 is 2.45 bits per heavy atom. The number of carbonyl (C=O) groups is 3. The third-order valence-corrected chi connectivity index (χ3v) is 6.26. The lowest BCUT2D eigenvalue weighted by atomic mass is 9.70. The molecule has 1 aromatic rings. The maximum absolute atomic E-state index is 13.4. The lowest BCUT2D eigenvalue weighted by molar-refractivity contribution is -0.140. The van der Waals surface area contributed by atoms with Crippen LogP contribution < -0.4 is 15.4 Å². The predicted octanol–water partition coefficient (Wildman–Crippen LogP) is 1.42. The molecule has 0 spiro atoms. The number of ether oxygens (including phenoxy) is 1. The summed E-state index contributed by atoms with van der Waals surface area (Å²) < 4.78 is 5.15. The summed E-state index contributed by atoms with van der Waals surface area (Å²) in [4.78, 5) is 40.9. The number of nitrogens with one attached hydrogen (secondary N) is 2. The van der Waals surface area contributed by atoms with E-state index in [0.717, 1.165) is 0 Å². The number of aliphatic hydroxyl groups is 1. The molecule has 0 aromatic heterocycles. The summed E-state index contributed by atoms with van der Waals surface area (Å²) in [6, 6.07) is 6.27. The van der Waals surface area contributed by atoms with Crippen molar-refractivity contribution in [1.82, 2.24) is 10.2 Å². The van der Waals surface area contributed by atoms with Gasteiger partial charge in [-0.15, -0.1) is 0 Å². The highest BCUT2D eigenvalue weighted by Gasteiger charge is 2.56. The zero-order valence-corrected chi connectivity index (χ0v) is 18.2. The highest BCUT2D eigenvalue weighted by atomic mass is 16.5. The second kappa shape index (κ2) is 9.96.